The molecule has 9 heteroatoms. The first-order valence-corrected chi connectivity index (χ1v) is 11.2. The molecule has 0 aliphatic heterocycles. The van der Waals surface area contributed by atoms with E-state index in [4.69, 9.17) is 14.6 Å². The minimum absolute atomic E-state index is 0.0839. The fraction of sp³-hybridized carbons (Fsp3) is 0.381. The van der Waals surface area contributed by atoms with Gasteiger partial charge in [-0.2, -0.15) is 0 Å². The summed E-state index contributed by atoms with van der Waals surface area (Å²) in [5.41, 5.74) is 3.01. The van der Waals surface area contributed by atoms with Crippen molar-refractivity contribution in [1.29, 1.82) is 0 Å². The summed E-state index contributed by atoms with van der Waals surface area (Å²) >= 11 is 0. The van der Waals surface area contributed by atoms with Crippen LogP contribution in [0.3, 0.4) is 0 Å². The van der Waals surface area contributed by atoms with Crippen LogP contribution >= 0.6 is 0 Å². The number of nitrogens with one attached hydrogen (secondary N) is 2. The van der Waals surface area contributed by atoms with E-state index in [2.05, 4.69) is 15.6 Å². The second-order valence-electron chi connectivity index (χ2n) is 6.69. The SMILES string of the molecule is CCNC(=NCc1ccc(S(N)(=O)=O)cc1)NCc1ccc(C)cc1OCCOC. The van der Waals surface area contributed by atoms with Crippen LogP contribution in [0.25, 0.3) is 0 Å². The second kappa shape index (κ2) is 11.5. The van der Waals surface area contributed by atoms with Gasteiger partial charge in [0.2, 0.25) is 10.0 Å². The van der Waals surface area contributed by atoms with Gasteiger partial charge in [0.15, 0.2) is 5.96 Å². The number of methoxy groups -OCH3 is 1. The van der Waals surface area contributed by atoms with Gasteiger partial charge in [-0.15, -0.1) is 0 Å². The van der Waals surface area contributed by atoms with Crippen LogP contribution in [-0.2, 0) is 27.8 Å². The van der Waals surface area contributed by atoms with Gasteiger partial charge in [-0.25, -0.2) is 18.5 Å². The number of nitrogens with two attached hydrogens (primary N) is 1. The lowest BCUT2D eigenvalue weighted by molar-refractivity contribution is 0.145. The van der Waals surface area contributed by atoms with Crippen LogP contribution in [0.2, 0.25) is 0 Å². The molecule has 0 bridgehead atoms. The molecular formula is C21H30N4O4S. The van der Waals surface area contributed by atoms with Crippen molar-refractivity contribution >= 4 is 16.0 Å². The Kier molecular flexibility index (Phi) is 9.10. The smallest absolute Gasteiger partial charge is 0.238 e. The van der Waals surface area contributed by atoms with E-state index in [0.717, 1.165) is 22.4 Å². The molecule has 30 heavy (non-hydrogen) atoms. The molecule has 0 amide bonds. The zero-order chi connectivity index (χ0) is 22.0. The molecule has 0 saturated heterocycles. The first-order chi connectivity index (χ1) is 14.3. The predicted octanol–water partition coefficient (Wildman–Crippen LogP) is 1.92. The molecule has 2 rings (SSSR count). The lowest BCUT2D eigenvalue weighted by atomic mass is 10.1. The summed E-state index contributed by atoms with van der Waals surface area (Å²) in [5.74, 6) is 1.46. The van der Waals surface area contributed by atoms with E-state index in [-0.39, 0.29) is 4.90 Å². The molecule has 0 unspecified atom stereocenters. The Labute approximate surface area is 178 Å². The summed E-state index contributed by atoms with van der Waals surface area (Å²) in [6, 6.07) is 12.4. The maximum atomic E-state index is 11.4. The number of ether oxygens (including phenoxy) is 2. The van der Waals surface area contributed by atoms with Crippen molar-refractivity contribution in [2.45, 2.75) is 31.8 Å². The first-order valence-electron chi connectivity index (χ1n) is 9.68. The van der Waals surface area contributed by atoms with Crippen molar-refractivity contribution in [3.63, 3.8) is 0 Å². The van der Waals surface area contributed by atoms with Gasteiger partial charge in [-0.1, -0.05) is 24.3 Å². The number of hydrogen-bond donors (Lipinski definition) is 3. The highest BCUT2D eigenvalue weighted by Crippen LogP contribution is 2.20. The number of hydrogen-bond acceptors (Lipinski definition) is 5. The van der Waals surface area contributed by atoms with Crippen LogP contribution in [0.15, 0.2) is 52.4 Å². The number of nitrogens with zero attached hydrogens (tertiary/aromatic N) is 1. The summed E-state index contributed by atoms with van der Waals surface area (Å²) in [6.07, 6.45) is 0. The fourth-order valence-corrected chi connectivity index (χ4v) is 3.17. The molecule has 2 aromatic carbocycles. The minimum Gasteiger partial charge on any atom is -0.491 e. The number of benzene rings is 2. The Bertz CT molecular complexity index is 944. The maximum Gasteiger partial charge on any atom is 0.238 e. The van der Waals surface area contributed by atoms with E-state index in [0.29, 0.717) is 38.8 Å². The highest BCUT2D eigenvalue weighted by molar-refractivity contribution is 7.89. The number of aliphatic imine (C=N–C) groups is 1. The molecule has 0 saturated carbocycles. The monoisotopic (exact) mass is 434 g/mol. The summed E-state index contributed by atoms with van der Waals surface area (Å²) in [5, 5.41) is 11.6. The molecule has 164 valence electrons. The Morgan fingerprint density at radius 3 is 2.47 bits per heavy atom. The largest absolute Gasteiger partial charge is 0.491 e. The van der Waals surface area contributed by atoms with E-state index in [1.165, 1.54) is 12.1 Å². The Morgan fingerprint density at radius 2 is 1.83 bits per heavy atom. The van der Waals surface area contributed by atoms with Gasteiger partial charge in [0.25, 0.3) is 0 Å². The lowest BCUT2D eigenvalue weighted by Gasteiger charge is -2.15. The normalized spacial score (nSPS) is 11.9. The van der Waals surface area contributed by atoms with Gasteiger partial charge in [0.1, 0.15) is 12.4 Å². The highest BCUT2D eigenvalue weighted by Gasteiger charge is 2.08. The van der Waals surface area contributed by atoms with Crippen molar-refractivity contribution in [3.8, 4) is 5.75 Å². The Morgan fingerprint density at radius 1 is 1.10 bits per heavy atom. The van der Waals surface area contributed by atoms with Crippen molar-refractivity contribution < 1.29 is 17.9 Å². The highest BCUT2D eigenvalue weighted by atomic mass is 32.2. The van der Waals surface area contributed by atoms with Gasteiger partial charge >= 0.3 is 0 Å². The quantitative estimate of drug-likeness (QED) is 0.299. The fourth-order valence-electron chi connectivity index (χ4n) is 2.65. The molecule has 8 nitrogen and oxygen atoms in total. The standard InChI is InChI=1S/C21H30N4O4S/c1-4-23-21(24-14-17-6-9-19(10-7-17)30(22,26)27)25-15-18-8-5-16(2)13-20(18)29-12-11-28-3/h5-10,13H,4,11-12,14-15H2,1-3H3,(H2,22,26,27)(H2,23,24,25). The van der Waals surface area contributed by atoms with Crippen LogP contribution in [0, 0.1) is 6.92 Å². The van der Waals surface area contributed by atoms with E-state index in [1.54, 1.807) is 19.2 Å². The van der Waals surface area contributed by atoms with Crippen LogP contribution in [0.4, 0.5) is 0 Å². The molecule has 0 heterocycles. The van der Waals surface area contributed by atoms with Crippen LogP contribution in [0.5, 0.6) is 5.75 Å². The first kappa shape index (κ1) is 23.7. The molecular weight excluding hydrogens is 404 g/mol. The third-order valence-electron chi connectivity index (χ3n) is 4.23. The molecule has 0 atom stereocenters. The molecule has 4 N–H and O–H groups in total. The average molecular weight is 435 g/mol. The molecule has 0 radical (unpaired) electrons. The van der Waals surface area contributed by atoms with Crippen LogP contribution in [0.1, 0.15) is 23.6 Å². The van der Waals surface area contributed by atoms with Crippen molar-refractivity contribution in [2.24, 2.45) is 10.1 Å². The van der Waals surface area contributed by atoms with Gasteiger partial charge in [0, 0.05) is 25.8 Å². The molecule has 0 aliphatic carbocycles. The topological polar surface area (TPSA) is 115 Å². The van der Waals surface area contributed by atoms with Gasteiger partial charge in [0.05, 0.1) is 18.0 Å². The molecule has 0 aliphatic rings. The Balaban J connectivity index is 2.05. The maximum absolute atomic E-state index is 11.4. The minimum atomic E-state index is -3.69. The second-order valence-corrected chi connectivity index (χ2v) is 8.25. The average Bonchev–Trinajstić information content (AvgIpc) is 2.71. The molecule has 2 aromatic rings. The van der Waals surface area contributed by atoms with Crippen LogP contribution in [-0.4, -0.2) is 41.2 Å². The third kappa shape index (κ3) is 7.66. The Hall–Kier alpha value is -2.62. The number of sulfonamides is 1. The van der Waals surface area contributed by atoms with E-state index in [1.807, 2.05) is 32.0 Å². The van der Waals surface area contributed by atoms with Gasteiger partial charge in [-0.05, 0) is 43.2 Å². The van der Waals surface area contributed by atoms with Crippen molar-refractivity contribution in [2.75, 3.05) is 26.9 Å². The van der Waals surface area contributed by atoms with Crippen molar-refractivity contribution in [1.82, 2.24) is 10.6 Å². The van der Waals surface area contributed by atoms with Gasteiger partial charge < -0.3 is 20.1 Å². The molecule has 0 aromatic heterocycles. The van der Waals surface area contributed by atoms with E-state index < -0.39 is 10.0 Å². The molecule has 0 fully saturated rings. The summed E-state index contributed by atoms with van der Waals surface area (Å²) in [6.45, 7) is 6.66. The number of primary sulfonamides is 1. The number of aryl methyl sites for hydroxylation is 1. The summed E-state index contributed by atoms with van der Waals surface area (Å²) < 4.78 is 33.6. The van der Waals surface area contributed by atoms with Crippen LogP contribution < -0.4 is 20.5 Å². The van der Waals surface area contributed by atoms with E-state index >= 15 is 0 Å². The predicted molar refractivity (Wildman–Crippen MR) is 118 cm³/mol. The molecule has 0 spiro atoms. The summed E-state index contributed by atoms with van der Waals surface area (Å²) in [7, 11) is -2.05. The zero-order valence-corrected chi connectivity index (χ0v) is 18.5. The summed E-state index contributed by atoms with van der Waals surface area (Å²) in [4.78, 5) is 4.65. The van der Waals surface area contributed by atoms with Crippen molar-refractivity contribution in [3.05, 3.63) is 59.2 Å². The zero-order valence-electron chi connectivity index (χ0n) is 17.6. The third-order valence-corrected chi connectivity index (χ3v) is 5.16. The van der Waals surface area contributed by atoms with Gasteiger partial charge in [-0.3, -0.25) is 0 Å². The number of guanidine groups is 1. The van der Waals surface area contributed by atoms with E-state index in [9.17, 15) is 8.42 Å². The lowest BCUT2D eigenvalue weighted by Crippen LogP contribution is -2.36. The number of rotatable bonds is 10.